The summed E-state index contributed by atoms with van der Waals surface area (Å²) in [5.74, 6) is -1.13. The van der Waals surface area contributed by atoms with Gasteiger partial charge in [-0.25, -0.2) is 19.2 Å². The van der Waals surface area contributed by atoms with Gasteiger partial charge >= 0.3 is 36.3 Å². The number of carbonyl (C=O) groups excluding carboxylic acids is 6. The van der Waals surface area contributed by atoms with Crippen LogP contribution in [0.4, 0.5) is 19.2 Å². The second-order valence-electron chi connectivity index (χ2n) is 19.4. The first-order chi connectivity index (χ1) is 29.3. The number of rotatable bonds is 11. The molecular formula is C46H60Cl2N4O12. The maximum absolute atomic E-state index is 13.7. The van der Waals surface area contributed by atoms with E-state index in [0.29, 0.717) is 44.1 Å². The zero-order chi connectivity index (χ0) is 48.3. The van der Waals surface area contributed by atoms with Crippen LogP contribution in [0.2, 0.25) is 10.0 Å². The summed E-state index contributed by atoms with van der Waals surface area (Å²) in [7, 11) is 0. The van der Waals surface area contributed by atoms with Crippen molar-refractivity contribution in [1.82, 2.24) is 19.8 Å². The second-order valence-corrected chi connectivity index (χ2v) is 20.2. The molecule has 2 amide bonds. The lowest BCUT2D eigenvalue weighted by Gasteiger charge is -2.23. The van der Waals surface area contributed by atoms with E-state index in [1.54, 1.807) is 120 Å². The van der Waals surface area contributed by atoms with E-state index in [2.05, 4.69) is 10.6 Å². The first-order valence-electron chi connectivity index (χ1n) is 20.7. The van der Waals surface area contributed by atoms with Gasteiger partial charge in [0.1, 0.15) is 35.6 Å². The molecule has 0 saturated carbocycles. The Morgan fingerprint density at radius 2 is 0.844 bits per heavy atom. The first kappa shape index (κ1) is 51.2. The number of alkyl carbamates (subject to hydrolysis) is 2. The van der Waals surface area contributed by atoms with Gasteiger partial charge in [-0.05, 0) is 131 Å². The summed E-state index contributed by atoms with van der Waals surface area (Å²) >= 11 is 14.2. The Morgan fingerprint density at radius 3 is 1.12 bits per heavy atom. The fourth-order valence-corrected chi connectivity index (χ4v) is 7.03. The number of aromatic nitrogens is 2. The third kappa shape index (κ3) is 14.8. The molecular weight excluding hydrogens is 871 g/mol. The number of carbonyl (C=O) groups is 6. The van der Waals surface area contributed by atoms with Gasteiger partial charge < -0.3 is 39.1 Å². The summed E-state index contributed by atoms with van der Waals surface area (Å²) in [6, 6.07) is 5.06. The molecule has 64 heavy (non-hydrogen) atoms. The summed E-state index contributed by atoms with van der Waals surface area (Å²) in [5, 5.41) is 6.99. The molecule has 0 saturated heterocycles. The number of fused-ring (bicyclic) bond motifs is 2. The zero-order valence-corrected chi connectivity index (χ0v) is 40.5. The molecule has 2 N–H and O–H groups in total. The number of amides is 2. The molecule has 2 aromatic carbocycles. The number of hydrogen-bond donors (Lipinski definition) is 2. The van der Waals surface area contributed by atoms with Gasteiger partial charge in [0.05, 0.1) is 33.2 Å². The standard InChI is InChI=1S/C46H60Cl2N4O12/c1-25(53)59-23-29(49-39(55)61-43(3,4)5)15-27-21-51(41(57)63-45(9,10)11)37-19-35(47)33(17-31(27)37)34-18-32-28(16-30(24-60-26(2)54)50-40(56)62-44(6,7)8)22-52(38(32)20-36(34)48)42(58)64-46(12,13)14/h17-22,29-30H,15-16,23-24H2,1-14H3,(H,49,55)(H,50,56)/t29-,30-/m0/s1. The Morgan fingerprint density at radius 1 is 0.531 bits per heavy atom. The van der Waals surface area contributed by atoms with Gasteiger partial charge in [0.25, 0.3) is 0 Å². The van der Waals surface area contributed by atoms with Crippen LogP contribution in [-0.2, 0) is 50.9 Å². The van der Waals surface area contributed by atoms with Gasteiger partial charge in [0, 0.05) is 48.1 Å². The van der Waals surface area contributed by atoms with E-state index in [4.69, 9.17) is 51.6 Å². The second kappa shape index (κ2) is 19.7. The van der Waals surface area contributed by atoms with E-state index in [9.17, 15) is 28.8 Å². The SMILES string of the molecule is CC(=O)OC[C@H](Cc1cn(C(=O)OC(C)(C)C)c2cc(Cl)c(-c3cc4c(C[C@@H](COC(C)=O)NC(=O)OC(C)(C)C)cn(C(=O)OC(C)(C)C)c4cc3Cl)cc12)NC(=O)OC(C)(C)C. The zero-order valence-electron chi connectivity index (χ0n) is 39.0. The molecule has 0 radical (unpaired) electrons. The van der Waals surface area contributed by atoms with Gasteiger partial charge in [0.15, 0.2) is 0 Å². The van der Waals surface area contributed by atoms with Gasteiger partial charge in [-0.1, -0.05) is 23.2 Å². The van der Waals surface area contributed by atoms with E-state index < -0.39 is 70.8 Å². The molecule has 2 heterocycles. The normalized spacial score (nSPS) is 13.2. The molecule has 2 atom stereocenters. The summed E-state index contributed by atoms with van der Waals surface area (Å²) in [5.41, 5.74) is -0.659. The van der Waals surface area contributed by atoms with Crippen LogP contribution in [0.3, 0.4) is 0 Å². The largest absolute Gasteiger partial charge is 0.464 e. The van der Waals surface area contributed by atoms with E-state index in [1.807, 2.05) is 0 Å². The van der Waals surface area contributed by atoms with Gasteiger partial charge in [-0.2, -0.15) is 0 Å². The molecule has 0 spiro atoms. The van der Waals surface area contributed by atoms with Crippen LogP contribution in [0.1, 0.15) is 108 Å². The Hall–Kier alpha value is -5.48. The number of hydrogen-bond acceptors (Lipinski definition) is 12. The topological polar surface area (TPSA) is 192 Å². The number of nitrogens with one attached hydrogen (secondary N) is 2. The third-order valence-electron chi connectivity index (χ3n) is 8.77. The predicted molar refractivity (Wildman–Crippen MR) is 243 cm³/mol. The Bertz CT molecular complexity index is 2260. The number of esters is 2. The van der Waals surface area contributed by atoms with Crippen LogP contribution >= 0.6 is 23.2 Å². The van der Waals surface area contributed by atoms with Crippen LogP contribution in [0.5, 0.6) is 0 Å². The molecule has 0 unspecified atom stereocenters. The van der Waals surface area contributed by atoms with Crippen molar-refractivity contribution < 1.29 is 57.2 Å². The monoisotopic (exact) mass is 930 g/mol. The summed E-state index contributed by atoms with van der Waals surface area (Å²) in [6.07, 6.45) is 0.390. The van der Waals surface area contributed by atoms with Crippen molar-refractivity contribution in [2.75, 3.05) is 13.2 Å². The third-order valence-corrected chi connectivity index (χ3v) is 9.40. The fourth-order valence-electron chi connectivity index (χ4n) is 6.51. The molecule has 4 aromatic rings. The van der Waals surface area contributed by atoms with Crippen molar-refractivity contribution in [3.8, 4) is 11.1 Å². The van der Waals surface area contributed by atoms with Crippen molar-refractivity contribution in [1.29, 1.82) is 0 Å². The fraction of sp³-hybridized carbons (Fsp3) is 0.522. The average Bonchev–Trinajstić information content (AvgIpc) is 3.62. The smallest absolute Gasteiger partial charge is 0.419 e. The van der Waals surface area contributed by atoms with E-state index in [1.165, 1.54) is 23.0 Å². The highest BCUT2D eigenvalue weighted by Gasteiger charge is 2.29. The Balaban J connectivity index is 1.96. The van der Waals surface area contributed by atoms with Gasteiger partial charge in [-0.3, -0.25) is 18.7 Å². The highest BCUT2D eigenvalue weighted by Crippen LogP contribution is 2.41. The molecule has 18 heteroatoms. The quantitative estimate of drug-likeness (QED) is 0.107. The van der Waals surface area contributed by atoms with E-state index in [0.717, 1.165) is 0 Å². The van der Waals surface area contributed by atoms with E-state index in [-0.39, 0.29) is 36.1 Å². The molecule has 350 valence electrons. The number of nitrogens with zero attached hydrogens (tertiary/aromatic N) is 2. The van der Waals surface area contributed by atoms with Crippen LogP contribution in [0, 0.1) is 0 Å². The van der Waals surface area contributed by atoms with Gasteiger partial charge in [0.2, 0.25) is 0 Å². The van der Waals surface area contributed by atoms with Crippen LogP contribution in [0.15, 0.2) is 36.7 Å². The first-order valence-corrected chi connectivity index (χ1v) is 21.4. The van der Waals surface area contributed by atoms with Crippen LogP contribution < -0.4 is 10.6 Å². The molecule has 16 nitrogen and oxygen atoms in total. The van der Waals surface area contributed by atoms with Crippen LogP contribution in [-0.4, -0.2) is 93.1 Å². The van der Waals surface area contributed by atoms with Crippen molar-refractivity contribution >= 4 is 81.3 Å². The van der Waals surface area contributed by atoms with Crippen molar-refractivity contribution in [3.05, 3.63) is 57.8 Å². The molecule has 0 aliphatic carbocycles. The minimum atomic E-state index is -0.857. The molecule has 0 aliphatic rings. The summed E-state index contributed by atoms with van der Waals surface area (Å²) in [6.45, 7) is 22.8. The number of halogens is 2. The maximum atomic E-state index is 13.7. The van der Waals surface area contributed by atoms with Crippen molar-refractivity contribution in [2.45, 2.75) is 144 Å². The lowest BCUT2D eigenvalue weighted by atomic mass is 9.97. The predicted octanol–water partition coefficient (Wildman–Crippen LogP) is 10.1. The minimum absolute atomic E-state index is 0.0594. The van der Waals surface area contributed by atoms with Crippen LogP contribution in [0.25, 0.3) is 32.9 Å². The molecule has 4 rings (SSSR count). The summed E-state index contributed by atoms with van der Waals surface area (Å²) < 4.78 is 35.8. The highest BCUT2D eigenvalue weighted by atomic mass is 35.5. The molecule has 2 aromatic heterocycles. The lowest BCUT2D eigenvalue weighted by Crippen LogP contribution is -2.43. The average molecular weight is 932 g/mol. The van der Waals surface area contributed by atoms with Gasteiger partial charge in [-0.15, -0.1) is 0 Å². The number of benzene rings is 2. The van der Waals surface area contributed by atoms with Crippen molar-refractivity contribution in [3.63, 3.8) is 0 Å². The van der Waals surface area contributed by atoms with E-state index >= 15 is 0 Å². The Labute approximate surface area is 383 Å². The highest BCUT2D eigenvalue weighted by molar-refractivity contribution is 6.37. The molecule has 0 fully saturated rings. The number of ether oxygens (including phenoxy) is 6. The summed E-state index contributed by atoms with van der Waals surface area (Å²) in [4.78, 5) is 77.2. The minimum Gasteiger partial charge on any atom is -0.464 e. The van der Waals surface area contributed by atoms with Crippen molar-refractivity contribution in [2.24, 2.45) is 0 Å². The maximum Gasteiger partial charge on any atom is 0.419 e. The Kier molecular flexibility index (Phi) is 15.8. The molecule has 0 bridgehead atoms. The lowest BCUT2D eigenvalue weighted by molar-refractivity contribution is -0.142. The molecule has 0 aliphatic heterocycles.